The van der Waals surface area contributed by atoms with Crippen LogP contribution in [0.5, 0.6) is 0 Å². The van der Waals surface area contributed by atoms with Crippen LogP contribution in [0.4, 0.5) is 0 Å². The van der Waals surface area contributed by atoms with Crippen LogP contribution in [0.1, 0.15) is 36.1 Å². The zero-order valence-corrected chi connectivity index (χ0v) is 14.9. The van der Waals surface area contributed by atoms with Gasteiger partial charge in [-0.2, -0.15) is 0 Å². The Morgan fingerprint density at radius 2 is 1.92 bits per heavy atom. The highest BCUT2D eigenvalue weighted by molar-refractivity contribution is 6.31. The molecular weight excluding hydrogens is 336 g/mol. The number of carbonyl (C=O) groups is 2. The van der Waals surface area contributed by atoms with Gasteiger partial charge in [0.15, 0.2) is 0 Å². The number of nitrogens with zero attached hydrogens (tertiary/aromatic N) is 1. The number of hydrogen-bond donors (Lipinski definition) is 1. The molecule has 4 nitrogen and oxygen atoms in total. The van der Waals surface area contributed by atoms with Crippen LogP contribution >= 0.6 is 11.6 Å². The smallest absolute Gasteiger partial charge is 0.247 e. The molecule has 2 aromatic rings. The van der Waals surface area contributed by atoms with Crippen molar-refractivity contribution in [2.45, 2.75) is 32.4 Å². The molecule has 0 saturated heterocycles. The molecule has 5 heteroatoms. The minimum Gasteiger partial charge on any atom is -0.350 e. The van der Waals surface area contributed by atoms with E-state index in [-0.39, 0.29) is 11.8 Å². The second kappa shape index (κ2) is 7.70. The molecule has 25 heavy (non-hydrogen) atoms. The van der Waals surface area contributed by atoms with E-state index in [2.05, 4.69) is 5.32 Å². The van der Waals surface area contributed by atoms with E-state index in [0.717, 1.165) is 23.1 Å². The quantitative estimate of drug-likeness (QED) is 0.891. The van der Waals surface area contributed by atoms with Crippen LogP contribution < -0.4 is 5.32 Å². The van der Waals surface area contributed by atoms with Gasteiger partial charge >= 0.3 is 0 Å². The van der Waals surface area contributed by atoms with Crippen molar-refractivity contribution in [2.75, 3.05) is 6.54 Å². The molecule has 130 valence electrons. The van der Waals surface area contributed by atoms with Gasteiger partial charge in [-0.05, 0) is 29.2 Å². The summed E-state index contributed by atoms with van der Waals surface area (Å²) in [7, 11) is 0. The van der Waals surface area contributed by atoms with Crippen molar-refractivity contribution < 1.29 is 9.59 Å². The van der Waals surface area contributed by atoms with Crippen molar-refractivity contribution in [3.8, 4) is 0 Å². The summed E-state index contributed by atoms with van der Waals surface area (Å²) in [6, 6.07) is 14.5. The summed E-state index contributed by atoms with van der Waals surface area (Å²) in [4.78, 5) is 27.1. The average molecular weight is 357 g/mol. The molecule has 0 radical (unpaired) electrons. The molecule has 2 aromatic carbocycles. The Morgan fingerprint density at radius 3 is 2.68 bits per heavy atom. The third-order valence-corrected chi connectivity index (χ3v) is 4.82. The van der Waals surface area contributed by atoms with Crippen LogP contribution in [0.25, 0.3) is 0 Å². The second-order valence-electron chi connectivity index (χ2n) is 6.17. The Hall–Kier alpha value is -2.33. The number of fused-ring (bicyclic) bond motifs is 1. The lowest BCUT2D eigenvalue weighted by Gasteiger charge is -2.36. The zero-order chi connectivity index (χ0) is 17.8. The van der Waals surface area contributed by atoms with E-state index in [9.17, 15) is 9.59 Å². The fourth-order valence-electron chi connectivity index (χ4n) is 3.24. The Kier molecular flexibility index (Phi) is 5.39. The predicted octanol–water partition coefficient (Wildman–Crippen LogP) is 3.49. The normalized spacial score (nSPS) is 16.5. The molecule has 1 aliphatic heterocycles. The molecule has 0 spiro atoms. The van der Waals surface area contributed by atoms with Gasteiger partial charge < -0.3 is 10.2 Å². The highest BCUT2D eigenvalue weighted by Crippen LogP contribution is 2.31. The van der Waals surface area contributed by atoms with E-state index in [4.69, 9.17) is 11.6 Å². The minimum atomic E-state index is -0.583. The first kappa shape index (κ1) is 17.5. The van der Waals surface area contributed by atoms with E-state index < -0.39 is 6.04 Å². The number of nitrogens with one attached hydrogen (secondary N) is 1. The summed E-state index contributed by atoms with van der Waals surface area (Å²) in [6.07, 6.45) is 1.16. The molecule has 1 aliphatic rings. The lowest BCUT2D eigenvalue weighted by molar-refractivity contribution is -0.141. The van der Waals surface area contributed by atoms with Gasteiger partial charge in [0.2, 0.25) is 11.8 Å². The van der Waals surface area contributed by atoms with Crippen LogP contribution in [0.15, 0.2) is 48.5 Å². The summed E-state index contributed by atoms with van der Waals surface area (Å²) in [5.74, 6) is -0.174. The third kappa shape index (κ3) is 3.69. The fraction of sp³-hybridized carbons (Fsp3) is 0.300. The Morgan fingerprint density at radius 1 is 1.20 bits per heavy atom. The van der Waals surface area contributed by atoms with Gasteiger partial charge in [0, 0.05) is 18.1 Å². The molecule has 0 bridgehead atoms. The van der Waals surface area contributed by atoms with E-state index in [1.165, 1.54) is 0 Å². The van der Waals surface area contributed by atoms with Gasteiger partial charge in [0.1, 0.15) is 6.04 Å². The predicted molar refractivity (Wildman–Crippen MR) is 98.2 cm³/mol. The first-order chi connectivity index (χ1) is 12.1. The minimum absolute atomic E-state index is 0.00144. The van der Waals surface area contributed by atoms with Crippen LogP contribution in [0.2, 0.25) is 5.02 Å². The summed E-state index contributed by atoms with van der Waals surface area (Å²) < 4.78 is 0. The van der Waals surface area contributed by atoms with Crippen LogP contribution in [0.3, 0.4) is 0 Å². The summed E-state index contributed by atoms with van der Waals surface area (Å²) >= 11 is 6.16. The molecule has 3 rings (SSSR count). The standard InChI is InChI=1S/C20H21ClN2O2/c1-2-11-23-18(24)12-14-7-3-5-9-16(14)19(23)20(25)22-13-15-8-4-6-10-17(15)21/h3-10,19H,2,11-13H2,1H3,(H,22,25). The highest BCUT2D eigenvalue weighted by atomic mass is 35.5. The summed E-state index contributed by atoms with van der Waals surface area (Å²) in [5.41, 5.74) is 2.69. The Bertz CT molecular complexity index is 791. The first-order valence-corrected chi connectivity index (χ1v) is 8.88. The van der Waals surface area contributed by atoms with Crippen molar-refractivity contribution in [3.63, 3.8) is 0 Å². The van der Waals surface area contributed by atoms with Crippen molar-refractivity contribution in [1.82, 2.24) is 10.2 Å². The summed E-state index contributed by atoms with van der Waals surface area (Å²) in [6.45, 7) is 2.91. The van der Waals surface area contributed by atoms with Crippen LogP contribution in [-0.2, 0) is 22.6 Å². The van der Waals surface area contributed by atoms with E-state index in [0.29, 0.717) is 24.5 Å². The fourth-order valence-corrected chi connectivity index (χ4v) is 3.44. The van der Waals surface area contributed by atoms with Crippen molar-refractivity contribution in [1.29, 1.82) is 0 Å². The SMILES string of the molecule is CCCN1C(=O)Cc2ccccc2C1C(=O)NCc1ccccc1Cl. The molecule has 0 aromatic heterocycles. The molecule has 0 fully saturated rings. The lowest BCUT2D eigenvalue weighted by Crippen LogP contribution is -2.47. The third-order valence-electron chi connectivity index (χ3n) is 4.45. The van der Waals surface area contributed by atoms with Gasteiger partial charge in [0.25, 0.3) is 0 Å². The maximum Gasteiger partial charge on any atom is 0.247 e. The zero-order valence-electron chi connectivity index (χ0n) is 14.2. The molecule has 1 atom stereocenters. The van der Waals surface area contributed by atoms with Crippen LogP contribution in [0, 0.1) is 0 Å². The number of carbonyl (C=O) groups excluding carboxylic acids is 2. The molecule has 1 heterocycles. The number of hydrogen-bond acceptors (Lipinski definition) is 2. The van der Waals surface area contributed by atoms with Crippen LogP contribution in [-0.4, -0.2) is 23.3 Å². The number of halogens is 1. The van der Waals surface area contributed by atoms with Crippen molar-refractivity contribution >= 4 is 23.4 Å². The van der Waals surface area contributed by atoms with Gasteiger partial charge in [0.05, 0.1) is 6.42 Å². The maximum atomic E-state index is 12.9. The van der Waals surface area contributed by atoms with Gasteiger partial charge in [-0.3, -0.25) is 9.59 Å². The monoisotopic (exact) mass is 356 g/mol. The van der Waals surface area contributed by atoms with Gasteiger partial charge in [-0.1, -0.05) is 61.0 Å². The molecular formula is C20H21ClN2O2. The lowest BCUT2D eigenvalue weighted by atomic mass is 9.91. The number of rotatable bonds is 5. The average Bonchev–Trinajstić information content (AvgIpc) is 2.61. The van der Waals surface area contributed by atoms with Gasteiger partial charge in [-0.15, -0.1) is 0 Å². The molecule has 0 aliphatic carbocycles. The Labute approximate surface area is 152 Å². The molecule has 1 unspecified atom stereocenters. The van der Waals surface area contributed by atoms with Crippen molar-refractivity contribution in [2.24, 2.45) is 0 Å². The largest absolute Gasteiger partial charge is 0.350 e. The topological polar surface area (TPSA) is 49.4 Å². The highest BCUT2D eigenvalue weighted by Gasteiger charge is 2.36. The second-order valence-corrected chi connectivity index (χ2v) is 6.58. The molecule has 2 amide bonds. The van der Waals surface area contributed by atoms with E-state index in [1.54, 1.807) is 11.0 Å². The number of amides is 2. The first-order valence-electron chi connectivity index (χ1n) is 8.50. The van der Waals surface area contributed by atoms with E-state index in [1.807, 2.05) is 49.4 Å². The number of benzene rings is 2. The summed E-state index contributed by atoms with van der Waals surface area (Å²) in [5, 5.41) is 3.56. The Balaban J connectivity index is 1.85. The molecule has 0 saturated carbocycles. The van der Waals surface area contributed by atoms with Crippen molar-refractivity contribution in [3.05, 3.63) is 70.2 Å². The molecule has 1 N–H and O–H groups in total. The maximum absolute atomic E-state index is 12.9. The van der Waals surface area contributed by atoms with Gasteiger partial charge in [-0.25, -0.2) is 0 Å². The van der Waals surface area contributed by atoms with E-state index >= 15 is 0 Å².